The Labute approximate surface area is 113 Å². The maximum absolute atomic E-state index is 11.9. The minimum absolute atomic E-state index is 0.261. The van der Waals surface area contributed by atoms with Gasteiger partial charge in [0.1, 0.15) is 12.1 Å². The molecule has 1 saturated heterocycles. The third-order valence-electron chi connectivity index (χ3n) is 2.73. The quantitative estimate of drug-likeness (QED) is 0.611. The highest BCUT2D eigenvalue weighted by atomic mass is 16.3. The number of carbonyl (C=O) groups is 3. The summed E-state index contributed by atoms with van der Waals surface area (Å²) in [6.07, 6.45) is -0.618. The molecule has 1 rings (SSSR count). The largest absolute Gasteiger partial charge is 0.390 e. The van der Waals surface area contributed by atoms with Crippen molar-refractivity contribution < 1.29 is 19.5 Å². The Hall–Kier alpha value is -1.63. The molecule has 1 aliphatic rings. The normalized spacial score (nSPS) is 23.1. The summed E-state index contributed by atoms with van der Waals surface area (Å²) in [5.41, 5.74) is 5.14. The van der Waals surface area contributed by atoms with Gasteiger partial charge < -0.3 is 21.1 Å². The van der Waals surface area contributed by atoms with Crippen molar-refractivity contribution >= 4 is 17.7 Å². The fourth-order valence-corrected chi connectivity index (χ4v) is 1.98. The van der Waals surface area contributed by atoms with Crippen LogP contribution in [0.2, 0.25) is 0 Å². The number of aliphatic hydroxyl groups excluding tert-OH is 1. The molecule has 3 atom stereocenters. The van der Waals surface area contributed by atoms with E-state index in [9.17, 15) is 19.5 Å². The van der Waals surface area contributed by atoms with E-state index in [0.717, 1.165) is 0 Å². The van der Waals surface area contributed by atoms with E-state index in [1.807, 2.05) is 13.8 Å². The average Bonchev–Trinajstić information content (AvgIpc) is 2.71. The summed E-state index contributed by atoms with van der Waals surface area (Å²) in [7, 11) is 0. The number of amides is 3. The van der Waals surface area contributed by atoms with Gasteiger partial charge in [0, 0.05) is 13.5 Å². The molecule has 0 aromatic carbocycles. The molecule has 0 unspecified atom stereocenters. The van der Waals surface area contributed by atoms with Gasteiger partial charge in [0.15, 0.2) is 0 Å². The predicted octanol–water partition coefficient (Wildman–Crippen LogP) is -1.02. The van der Waals surface area contributed by atoms with E-state index in [4.69, 9.17) is 5.73 Å². The van der Waals surface area contributed by atoms with Crippen molar-refractivity contribution in [2.75, 3.05) is 6.54 Å². The van der Waals surface area contributed by atoms with Crippen molar-refractivity contribution in [3.8, 4) is 0 Å². The van der Waals surface area contributed by atoms with Crippen LogP contribution in [0.4, 0.5) is 0 Å². The number of nitrogens with zero attached hydrogens (tertiary/aromatic N) is 1. The van der Waals surface area contributed by atoms with Crippen LogP contribution < -0.4 is 11.1 Å². The third-order valence-corrected chi connectivity index (χ3v) is 2.73. The third kappa shape index (κ3) is 4.51. The zero-order valence-corrected chi connectivity index (χ0v) is 11.8. The van der Waals surface area contributed by atoms with Crippen molar-refractivity contribution in [1.82, 2.24) is 10.2 Å². The Morgan fingerprint density at radius 2 is 1.89 bits per heavy atom. The van der Waals surface area contributed by atoms with Gasteiger partial charge in [-0.2, -0.15) is 0 Å². The monoisotopic (exact) mass is 273 g/mol. The van der Waals surface area contributed by atoms with Crippen molar-refractivity contribution in [2.45, 2.75) is 52.3 Å². The molecule has 3 amide bonds. The van der Waals surface area contributed by atoms with Crippen LogP contribution in [0.5, 0.6) is 0 Å². The molecule has 7 nitrogen and oxygen atoms in total. The average molecular weight is 273 g/mol. The van der Waals surface area contributed by atoms with Gasteiger partial charge in [-0.25, -0.2) is 0 Å². The van der Waals surface area contributed by atoms with E-state index in [-0.39, 0.29) is 12.5 Å². The maximum Gasteiger partial charge on any atom is 0.245 e. The first-order chi connectivity index (χ1) is 8.84. The van der Waals surface area contributed by atoms with Gasteiger partial charge in [0.05, 0.1) is 6.10 Å². The number of likely N-dealkylation sites (tertiary alicyclic amines) is 1. The Morgan fingerprint density at radius 1 is 1.37 bits per heavy atom. The summed E-state index contributed by atoms with van der Waals surface area (Å²) in [5, 5.41) is 12.0. The van der Waals surface area contributed by atoms with E-state index in [1.165, 1.54) is 18.7 Å². The van der Waals surface area contributed by atoms with Crippen LogP contribution in [-0.4, -0.2) is 52.5 Å². The van der Waals surface area contributed by atoms with Gasteiger partial charge in [-0.05, 0) is 13.3 Å². The highest BCUT2D eigenvalue weighted by Crippen LogP contribution is 2.18. The lowest BCUT2D eigenvalue weighted by Gasteiger charge is -2.26. The first-order valence-corrected chi connectivity index (χ1v) is 6.39. The molecule has 7 heteroatoms. The summed E-state index contributed by atoms with van der Waals surface area (Å²) >= 11 is 0. The van der Waals surface area contributed by atoms with Crippen molar-refractivity contribution in [2.24, 2.45) is 5.73 Å². The zero-order valence-electron chi connectivity index (χ0n) is 11.8. The number of carbonyl (C=O) groups excluding carboxylic acids is 3. The van der Waals surface area contributed by atoms with E-state index in [2.05, 4.69) is 5.32 Å². The lowest BCUT2D eigenvalue weighted by atomic mass is 10.1. The van der Waals surface area contributed by atoms with Crippen molar-refractivity contribution in [3.63, 3.8) is 0 Å². The molecular weight excluding hydrogens is 250 g/mol. The Bertz CT molecular complexity index is 346. The van der Waals surface area contributed by atoms with Gasteiger partial charge in [0.25, 0.3) is 0 Å². The van der Waals surface area contributed by atoms with Gasteiger partial charge in [0.2, 0.25) is 17.7 Å². The molecule has 4 N–H and O–H groups in total. The van der Waals surface area contributed by atoms with E-state index in [1.54, 1.807) is 0 Å². The Morgan fingerprint density at radius 3 is 2.32 bits per heavy atom. The number of hydrogen-bond donors (Lipinski definition) is 3. The van der Waals surface area contributed by atoms with E-state index >= 15 is 0 Å². The van der Waals surface area contributed by atoms with Gasteiger partial charge in [-0.15, -0.1) is 0 Å². The van der Waals surface area contributed by atoms with Crippen molar-refractivity contribution in [3.05, 3.63) is 0 Å². The second-order valence-corrected chi connectivity index (χ2v) is 4.16. The maximum atomic E-state index is 11.9. The zero-order chi connectivity index (χ0) is 15.2. The van der Waals surface area contributed by atoms with Crippen LogP contribution in [0, 0.1) is 0 Å². The van der Waals surface area contributed by atoms with Crippen LogP contribution >= 0.6 is 0 Å². The second-order valence-electron chi connectivity index (χ2n) is 4.16. The molecule has 0 spiro atoms. The van der Waals surface area contributed by atoms with Gasteiger partial charge >= 0.3 is 0 Å². The Kier molecular flexibility index (Phi) is 7.06. The molecule has 1 heterocycles. The van der Waals surface area contributed by atoms with Gasteiger partial charge in [-0.1, -0.05) is 13.8 Å². The number of rotatable bonds is 3. The van der Waals surface area contributed by atoms with Crippen LogP contribution in [-0.2, 0) is 14.4 Å². The van der Waals surface area contributed by atoms with E-state index < -0.39 is 30.0 Å². The second kappa shape index (κ2) is 7.73. The summed E-state index contributed by atoms with van der Waals surface area (Å²) in [6.45, 7) is 7.08. The molecule has 0 radical (unpaired) electrons. The van der Waals surface area contributed by atoms with Crippen LogP contribution in [0.15, 0.2) is 0 Å². The molecular formula is C12H23N3O4. The summed E-state index contributed by atoms with van der Waals surface area (Å²) in [4.78, 5) is 35.1. The number of nitrogens with one attached hydrogen (secondary N) is 1. The van der Waals surface area contributed by atoms with Crippen LogP contribution in [0.25, 0.3) is 0 Å². The smallest absolute Gasteiger partial charge is 0.245 e. The van der Waals surface area contributed by atoms with Gasteiger partial charge in [-0.3, -0.25) is 14.4 Å². The molecule has 19 heavy (non-hydrogen) atoms. The number of hydrogen-bond acceptors (Lipinski definition) is 4. The number of nitrogens with two attached hydrogens (primary N) is 1. The molecule has 0 saturated carbocycles. The highest BCUT2D eigenvalue weighted by Gasteiger charge is 2.41. The first-order valence-electron chi connectivity index (χ1n) is 6.39. The Balaban J connectivity index is 0.00000154. The summed E-state index contributed by atoms with van der Waals surface area (Å²) in [5.74, 6) is -1.49. The summed E-state index contributed by atoms with van der Waals surface area (Å²) in [6, 6.07) is -1.74. The standard InChI is InChI=1S/C10H17N3O4.C2H6/c1-5(12-6(2)14)10(17)13-4-3-7(15)8(13)9(11)16;1-2/h5,7-8,15H,3-4H2,1-2H3,(H2,11,16)(H,12,14);1-2H3/t5-,7-,8-;/m0./s1. The molecule has 0 aliphatic carbocycles. The van der Waals surface area contributed by atoms with Crippen LogP contribution in [0.1, 0.15) is 34.1 Å². The fraction of sp³-hybridized carbons (Fsp3) is 0.750. The fourth-order valence-electron chi connectivity index (χ4n) is 1.98. The predicted molar refractivity (Wildman–Crippen MR) is 69.9 cm³/mol. The molecule has 1 aliphatic heterocycles. The SMILES string of the molecule is CC.CC(=O)N[C@@H](C)C(=O)N1CC[C@H](O)[C@H]1C(N)=O. The molecule has 110 valence electrons. The lowest BCUT2D eigenvalue weighted by Crippen LogP contribution is -2.53. The molecule has 0 aromatic heterocycles. The highest BCUT2D eigenvalue weighted by molar-refractivity contribution is 5.91. The minimum Gasteiger partial charge on any atom is -0.390 e. The molecule has 0 aromatic rings. The minimum atomic E-state index is -1.00. The topological polar surface area (TPSA) is 113 Å². The van der Waals surface area contributed by atoms with Crippen LogP contribution in [0.3, 0.4) is 0 Å². The van der Waals surface area contributed by atoms with E-state index in [0.29, 0.717) is 6.42 Å². The number of primary amides is 1. The molecule has 0 bridgehead atoms. The lowest BCUT2D eigenvalue weighted by molar-refractivity contribution is -0.141. The number of aliphatic hydroxyl groups is 1. The summed E-state index contributed by atoms with van der Waals surface area (Å²) < 4.78 is 0. The van der Waals surface area contributed by atoms with Crippen molar-refractivity contribution in [1.29, 1.82) is 0 Å². The first kappa shape index (κ1) is 17.4. The molecule has 1 fully saturated rings.